The van der Waals surface area contributed by atoms with E-state index < -0.39 is 0 Å². The van der Waals surface area contributed by atoms with E-state index in [1.807, 2.05) is 14.1 Å². The summed E-state index contributed by atoms with van der Waals surface area (Å²) in [5.41, 5.74) is 2.92. The molecular weight excluding hydrogens is 366 g/mol. The van der Waals surface area contributed by atoms with Crippen LogP contribution in [0.5, 0.6) is 11.5 Å². The first-order valence-electron chi connectivity index (χ1n) is 10.2. The van der Waals surface area contributed by atoms with E-state index in [1.165, 1.54) is 29.0 Å². The van der Waals surface area contributed by atoms with Crippen LogP contribution >= 0.6 is 0 Å². The molecule has 2 N–H and O–H groups in total. The molecule has 1 amide bonds. The summed E-state index contributed by atoms with van der Waals surface area (Å²) in [4.78, 5) is 16.5. The van der Waals surface area contributed by atoms with Crippen molar-refractivity contribution in [3.8, 4) is 11.5 Å². The molecule has 1 atom stereocenters. The number of rotatable bonds is 8. The number of para-hydroxylation sites is 1. The van der Waals surface area contributed by atoms with Crippen LogP contribution in [-0.2, 0) is 0 Å². The molecule has 0 spiro atoms. The second kappa shape index (κ2) is 9.65. The van der Waals surface area contributed by atoms with Crippen molar-refractivity contribution in [3.05, 3.63) is 53.6 Å². The van der Waals surface area contributed by atoms with E-state index in [-0.39, 0.29) is 11.9 Å². The number of hydrogen-bond acceptors (Lipinski definition) is 4. The van der Waals surface area contributed by atoms with Gasteiger partial charge in [0.05, 0.1) is 39.4 Å². The molecule has 0 aromatic heterocycles. The quantitative estimate of drug-likeness (QED) is 0.713. The molecule has 6 heteroatoms. The summed E-state index contributed by atoms with van der Waals surface area (Å²) in [6, 6.07) is 14.2. The SMILES string of the molecule is COc1cccc(C(=O)NC[C@@H](c2ccc(N(C)C)cc2)[NH+]2CCCC2)c1OC. The van der Waals surface area contributed by atoms with Gasteiger partial charge >= 0.3 is 0 Å². The molecule has 0 saturated carbocycles. The summed E-state index contributed by atoms with van der Waals surface area (Å²) in [7, 11) is 7.21. The molecule has 1 saturated heterocycles. The van der Waals surface area contributed by atoms with Crippen molar-refractivity contribution >= 4 is 11.6 Å². The topological polar surface area (TPSA) is 55.2 Å². The first kappa shape index (κ1) is 21.0. The van der Waals surface area contributed by atoms with Gasteiger partial charge in [0.25, 0.3) is 5.91 Å². The predicted octanol–water partition coefficient (Wildman–Crippen LogP) is 1.92. The molecule has 0 bridgehead atoms. The van der Waals surface area contributed by atoms with Crippen LogP contribution in [0.4, 0.5) is 5.69 Å². The molecule has 0 aliphatic carbocycles. The second-order valence-electron chi connectivity index (χ2n) is 7.66. The number of nitrogens with one attached hydrogen (secondary N) is 2. The number of likely N-dealkylation sites (tertiary alicyclic amines) is 1. The van der Waals surface area contributed by atoms with E-state index in [0.717, 1.165) is 13.1 Å². The molecule has 1 heterocycles. The minimum absolute atomic E-state index is 0.144. The normalized spacial score (nSPS) is 15.0. The molecule has 29 heavy (non-hydrogen) atoms. The summed E-state index contributed by atoms with van der Waals surface area (Å²) in [5.74, 6) is 0.878. The Morgan fingerprint density at radius 2 is 1.76 bits per heavy atom. The Hall–Kier alpha value is -2.73. The lowest BCUT2D eigenvalue weighted by molar-refractivity contribution is -0.918. The molecule has 0 radical (unpaired) electrons. The highest BCUT2D eigenvalue weighted by molar-refractivity contribution is 5.97. The van der Waals surface area contributed by atoms with E-state index in [4.69, 9.17) is 9.47 Å². The van der Waals surface area contributed by atoms with Crippen molar-refractivity contribution in [2.75, 3.05) is 52.8 Å². The zero-order valence-electron chi connectivity index (χ0n) is 17.8. The smallest absolute Gasteiger partial charge is 0.255 e. The predicted molar refractivity (Wildman–Crippen MR) is 115 cm³/mol. The van der Waals surface area contributed by atoms with E-state index in [9.17, 15) is 4.79 Å². The maximum atomic E-state index is 12.9. The molecule has 2 aromatic rings. The van der Waals surface area contributed by atoms with Gasteiger partial charge in [-0.05, 0) is 24.3 Å². The lowest BCUT2D eigenvalue weighted by Crippen LogP contribution is -3.11. The Morgan fingerprint density at radius 1 is 1.07 bits per heavy atom. The number of amides is 1. The number of hydrogen-bond donors (Lipinski definition) is 2. The molecule has 2 aromatic carbocycles. The monoisotopic (exact) mass is 398 g/mol. The molecule has 6 nitrogen and oxygen atoms in total. The van der Waals surface area contributed by atoms with Gasteiger partial charge in [-0.25, -0.2) is 0 Å². The van der Waals surface area contributed by atoms with Crippen molar-refractivity contribution in [2.45, 2.75) is 18.9 Å². The summed E-state index contributed by atoms with van der Waals surface area (Å²) >= 11 is 0. The van der Waals surface area contributed by atoms with Gasteiger partial charge in [0.1, 0.15) is 6.04 Å². The van der Waals surface area contributed by atoms with Gasteiger partial charge in [0.15, 0.2) is 11.5 Å². The summed E-state index contributed by atoms with van der Waals surface area (Å²) in [5, 5.41) is 3.13. The number of carbonyl (C=O) groups excluding carboxylic acids is 1. The Kier molecular flexibility index (Phi) is 6.99. The van der Waals surface area contributed by atoms with Gasteiger partial charge in [-0.15, -0.1) is 0 Å². The molecular formula is C23H32N3O3+. The van der Waals surface area contributed by atoms with Crippen molar-refractivity contribution in [1.82, 2.24) is 5.32 Å². The van der Waals surface area contributed by atoms with E-state index >= 15 is 0 Å². The number of carbonyl (C=O) groups is 1. The molecule has 1 aliphatic heterocycles. The molecule has 156 valence electrons. The van der Waals surface area contributed by atoms with Crippen LogP contribution in [-0.4, -0.2) is 53.9 Å². The van der Waals surface area contributed by atoms with Crippen LogP contribution < -0.4 is 24.6 Å². The Labute approximate surface area is 173 Å². The summed E-state index contributed by atoms with van der Waals surface area (Å²) < 4.78 is 10.7. The average molecular weight is 399 g/mol. The standard InChI is InChI=1S/C23H31N3O3/c1-25(2)18-12-10-17(11-13-18)20(26-14-5-6-15-26)16-24-23(27)19-8-7-9-21(28-3)22(19)29-4/h7-13,20H,5-6,14-16H2,1-4H3,(H,24,27)/p+1/t20-/m0/s1. The van der Waals surface area contributed by atoms with Gasteiger partial charge in [0.2, 0.25) is 0 Å². The fourth-order valence-corrected chi connectivity index (χ4v) is 4.04. The molecule has 3 rings (SSSR count). The first-order chi connectivity index (χ1) is 14.0. The zero-order valence-corrected chi connectivity index (χ0v) is 17.8. The van der Waals surface area contributed by atoms with Gasteiger partial charge in [-0.1, -0.05) is 18.2 Å². The number of benzene rings is 2. The van der Waals surface area contributed by atoms with Crippen molar-refractivity contribution in [2.24, 2.45) is 0 Å². The Morgan fingerprint density at radius 3 is 2.34 bits per heavy atom. The number of anilines is 1. The van der Waals surface area contributed by atoms with Gasteiger partial charge in [-0.3, -0.25) is 4.79 Å². The highest BCUT2D eigenvalue weighted by Crippen LogP contribution is 2.30. The third-order valence-corrected chi connectivity index (χ3v) is 5.66. The number of ether oxygens (including phenoxy) is 2. The van der Waals surface area contributed by atoms with Crippen LogP contribution in [0.3, 0.4) is 0 Å². The summed E-state index contributed by atoms with van der Waals surface area (Å²) in [6.45, 7) is 2.85. The van der Waals surface area contributed by atoms with E-state index in [2.05, 4.69) is 34.5 Å². The van der Waals surface area contributed by atoms with E-state index in [1.54, 1.807) is 32.4 Å². The Balaban J connectivity index is 1.78. The number of methoxy groups -OCH3 is 2. The first-order valence-corrected chi connectivity index (χ1v) is 10.2. The van der Waals surface area contributed by atoms with Gasteiger partial charge < -0.3 is 24.6 Å². The van der Waals surface area contributed by atoms with Crippen LogP contribution in [0.2, 0.25) is 0 Å². The highest BCUT2D eigenvalue weighted by atomic mass is 16.5. The fourth-order valence-electron chi connectivity index (χ4n) is 4.04. The summed E-state index contributed by atoms with van der Waals surface area (Å²) in [6.07, 6.45) is 2.47. The van der Waals surface area contributed by atoms with Crippen LogP contribution in [0.15, 0.2) is 42.5 Å². The largest absolute Gasteiger partial charge is 0.493 e. The lowest BCUT2D eigenvalue weighted by atomic mass is 10.0. The van der Waals surface area contributed by atoms with Crippen LogP contribution in [0, 0.1) is 0 Å². The highest BCUT2D eigenvalue weighted by Gasteiger charge is 2.28. The zero-order chi connectivity index (χ0) is 20.8. The fraction of sp³-hybridized carbons (Fsp3) is 0.435. The lowest BCUT2D eigenvalue weighted by Gasteiger charge is -2.26. The maximum Gasteiger partial charge on any atom is 0.255 e. The third kappa shape index (κ3) is 4.82. The van der Waals surface area contributed by atoms with Crippen molar-refractivity contribution < 1.29 is 19.2 Å². The van der Waals surface area contributed by atoms with Gasteiger partial charge in [-0.2, -0.15) is 0 Å². The Bertz CT molecular complexity index is 815. The number of quaternary nitrogens is 1. The van der Waals surface area contributed by atoms with Crippen LogP contribution in [0.1, 0.15) is 34.8 Å². The minimum atomic E-state index is -0.144. The van der Waals surface area contributed by atoms with Crippen molar-refractivity contribution in [1.29, 1.82) is 0 Å². The van der Waals surface area contributed by atoms with E-state index in [0.29, 0.717) is 23.6 Å². The molecule has 0 unspecified atom stereocenters. The second-order valence-corrected chi connectivity index (χ2v) is 7.66. The van der Waals surface area contributed by atoms with Gasteiger partial charge in [0, 0.05) is 38.2 Å². The number of nitrogens with zero attached hydrogens (tertiary/aromatic N) is 1. The van der Waals surface area contributed by atoms with Crippen molar-refractivity contribution in [3.63, 3.8) is 0 Å². The third-order valence-electron chi connectivity index (χ3n) is 5.66. The minimum Gasteiger partial charge on any atom is -0.493 e. The average Bonchev–Trinajstić information content (AvgIpc) is 3.27. The molecule has 1 aliphatic rings. The van der Waals surface area contributed by atoms with Crippen LogP contribution in [0.25, 0.3) is 0 Å². The molecule has 1 fully saturated rings. The maximum absolute atomic E-state index is 12.9.